The molecule has 0 radical (unpaired) electrons. The number of hydrogen-bond donors (Lipinski definition) is 2. The number of aliphatic hydroxyl groups excluding tert-OH is 1. The van der Waals surface area contributed by atoms with Crippen LogP contribution in [0.25, 0.3) is 0 Å². The van der Waals surface area contributed by atoms with Crippen LogP contribution in [0.2, 0.25) is 0 Å². The zero-order chi connectivity index (χ0) is 21.3. The van der Waals surface area contributed by atoms with Gasteiger partial charge in [0.15, 0.2) is 0 Å². The van der Waals surface area contributed by atoms with Gasteiger partial charge in [0.1, 0.15) is 0 Å². The van der Waals surface area contributed by atoms with Crippen LogP contribution in [0.3, 0.4) is 0 Å². The van der Waals surface area contributed by atoms with E-state index >= 15 is 0 Å². The molecule has 0 aliphatic heterocycles. The van der Waals surface area contributed by atoms with Crippen molar-refractivity contribution in [1.82, 2.24) is 4.90 Å². The first-order chi connectivity index (χ1) is 13.5. The molecule has 0 aromatic carbocycles. The molecule has 6 heteroatoms. The van der Waals surface area contributed by atoms with Crippen molar-refractivity contribution in [2.45, 2.75) is 116 Å². The van der Waals surface area contributed by atoms with Crippen molar-refractivity contribution in [2.24, 2.45) is 0 Å². The molecule has 0 amide bonds. The van der Waals surface area contributed by atoms with Crippen LogP contribution in [0, 0.1) is 10.1 Å². The minimum absolute atomic E-state index is 0.287. The summed E-state index contributed by atoms with van der Waals surface area (Å²) >= 11 is 0. The van der Waals surface area contributed by atoms with Gasteiger partial charge in [-0.3, -0.25) is 0 Å². The van der Waals surface area contributed by atoms with Gasteiger partial charge < -0.3 is 15.2 Å². The maximum atomic E-state index is 8.84. The smallest absolute Gasteiger partial charge is 0.291 e. The molecular weight excluding hydrogens is 356 g/mol. The summed E-state index contributed by atoms with van der Waals surface area (Å²) in [6.45, 7) is 4.53. The summed E-state index contributed by atoms with van der Waals surface area (Å²) in [7, 11) is 2.10. The van der Waals surface area contributed by atoms with E-state index in [1.165, 1.54) is 109 Å². The summed E-state index contributed by atoms with van der Waals surface area (Å²) < 4.78 is 0. The molecule has 0 rings (SSSR count). The van der Waals surface area contributed by atoms with Crippen LogP contribution in [0.5, 0.6) is 0 Å². The average Bonchev–Trinajstić information content (AvgIpc) is 2.64. The van der Waals surface area contributed by atoms with Gasteiger partial charge in [0.2, 0.25) is 0 Å². The lowest BCUT2D eigenvalue weighted by Crippen LogP contribution is -2.23. The van der Waals surface area contributed by atoms with E-state index < -0.39 is 5.09 Å². The molecule has 0 saturated heterocycles. The predicted molar refractivity (Wildman–Crippen MR) is 118 cm³/mol. The van der Waals surface area contributed by atoms with E-state index in [2.05, 4.69) is 18.9 Å². The van der Waals surface area contributed by atoms with Gasteiger partial charge in [-0.1, -0.05) is 110 Å². The number of aliphatic hydroxyl groups is 1. The largest absolute Gasteiger partial charge is 0.395 e. The minimum Gasteiger partial charge on any atom is -0.395 e. The molecule has 0 saturated carbocycles. The van der Waals surface area contributed by atoms with Gasteiger partial charge in [-0.05, 0) is 20.0 Å². The number of nitrogens with zero attached hydrogens (tertiary/aromatic N) is 2. The van der Waals surface area contributed by atoms with E-state index in [4.69, 9.17) is 20.4 Å². The zero-order valence-corrected chi connectivity index (χ0v) is 18.7. The van der Waals surface area contributed by atoms with Gasteiger partial charge >= 0.3 is 0 Å². The second-order valence-electron chi connectivity index (χ2n) is 7.92. The van der Waals surface area contributed by atoms with Crippen LogP contribution >= 0.6 is 0 Å². The molecule has 0 aliphatic rings. The Morgan fingerprint density at radius 1 is 0.679 bits per heavy atom. The molecule has 0 spiro atoms. The lowest BCUT2D eigenvalue weighted by molar-refractivity contribution is -0.742. The molecule has 0 aromatic heterocycles. The Kier molecular flexibility index (Phi) is 27.4. The Morgan fingerprint density at radius 3 is 1.25 bits per heavy atom. The Bertz CT molecular complexity index is 300. The fraction of sp³-hybridized carbons (Fsp3) is 1.00. The van der Waals surface area contributed by atoms with Crippen LogP contribution in [-0.4, -0.2) is 47.0 Å². The third kappa shape index (κ3) is 32.8. The van der Waals surface area contributed by atoms with Gasteiger partial charge in [0, 0.05) is 6.54 Å². The van der Waals surface area contributed by atoms with E-state index in [-0.39, 0.29) is 6.61 Å². The number of unbranched alkanes of at least 4 members (excludes halogenated alkanes) is 16. The highest BCUT2D eigenvalue weighted by Crippen LogP contribution is 2.14. The molecule has 6 nitrogen and oxygen atoms in total. The zero-order valence-electron chi connectivity index (χ0n) is 18.7. The lowest BCUT2D eigenvalue weighted by atomic mass is 10.0. The normalized spacial score (nSPS) is 10.7. The first-order valence-electron chi connectivity index (χ1n) is 11.7. The van der Waals surface area contributed by atoms with Gasteiger partial charge in [-0.2, -0.15) is 0 Å². The number of rotatable bonds is 20. The van der Waals surface area contributed by atoms with Crippen LogP contribution in [0.1, 0.15) is 116 Å². The van der Waals surface area contributed by atoms with Crippen molar-refractivity contribution in [3.63, 3.8) is 0 Å². The Labute approximate surface area is 173 Å². The summed E-state index contributed by atoms with van der Waals surface area (Å²) in [6.07, 6.45) is 24.3. The van der Waals surface area contributed by atoms with Crippen molar-refractivity contribution in [3.05, 3.63) is 10.1 Å². The Balaban J connectivity index is 0. The topological polar surface area (TPSA) is 86.8 Å². The fourth-order valence-corrected chi connectivity index (χ4v) is 3.39. The van der Waals surface area contributed by atoms with E-state index in [0.29, 0.717) is 0 Å². The summed E-state index contributed by atoms with van der Waals surface area (Å²) in [6, 6.07) is 0. The highest BCUT2D eigenvalue weighted by atomic mass is 16.9. The summed E-state index contributed by atoms with van der Waals surface area (Å²) in [5.74, 6) is 0. The van der Waals surface area contributed by atoms with Crippen molar-refractivity contribution in [1.29, 1.82) is 0 Å². The molecule has 28 heavy (non-hydrogen) atoms. The fourth-order valence-electron chi connectivity index (χ4n) is 3.39. The van der Waals surface area contributed by atoms with Crippen LogP contribution in [-0.2, 0) is 0 Å². The molecule has 0 aromatic rings. The van der Waals surface area contributed by atoms with Crippen molar-refractivity contribution in [3.8, 4) is 0 Å². The van der Waals surface area contributed by atoms with Crippen LogP contribution in [0.15, 0.2) is 0 Å². The van der Waals surface area contributed by atoms with Gasteiger partial charge in [0.05, 0.1) is 6.61 Å². The summed E-state index contributed by atoms with van der Waals surface area (Å²) in [5, 5.41) is 22.5. The van der Waals surface area contributed by atoms with Gasteiger partial charge in [-0.25, -0.2) is 0 Å². The van der Waals surface area contributed by atoms with Crippen molar-refractivity contribution in [2.75, 3.05) is 26.7 Å². The third-order valence-electron chi connectivity index (χ3n) is 5.13. The van der Waals surface area contributed by atoms with E-state index in [0.717, 1.165) is 13.1 Å². The number of hydrogen-bond acceptors (Lipinski definition) is 4. The monoisotopic (exact) mass is 404 g/mol. The molecule has 0 heterocycles. The highest BCUT2D eigenvalue weighted by Gasteiger charge is 1.97. The standard InChI is InChI=1S/C22H47NO.HNO3/c1-3-4-5-6-7-8-9-10-11-12-13-14-15-16-17-18-19-20-23(2)21-22-24;2-1(3)4/h24H,3-22H2,1-2H3;(H,2,3,4). The predicted octanol–water partition coefficient (Wildman–Crippen LogP) is 6.21. The molecule has 0 bridgehead atoms. The van der Waals surface area contributed by atoms with Crippen LogP contribution < -0.4 is 0 Å². The van der Waals surface area contributed by atoms with E-state index in [9.17, 15) is 0 Å². The van der Waals surface area contributed by atoms with Crippen molar-refractivity contribution >= 4 is 0 Å². The minimum atomic E-state index is -1.50. The highest BCUT2D eigenvalue weighted by molar-refractivity contribution is 4.53. The Morgan fingerprint density at radius 2 is 0.964 bits per heavy atom. The molecule has 0 aliphatic carbocycles. The molecule has 0 fully saturated rings. The van der Waals surface area contributed by atoms with E-state index in [1.807, 2.05) is 0 Å². The SMILES string of the molecule is CCCCCCCCCCCCCCCCCCCN(C)CCO.O=[N+]([O-])O. The van der Waals surface area contributed by atoms with Gasteiger partial charge in [-0.15, -0.1) is 10.1 Å². The van der Waals surface area contributed by atoms with Crippen molar-refractivity contribution < 1.29 is 15.4 Å². The quantitative estimate of drug-likeness (QED) is 0.143. The lowest BCUT2D eigenvalue weighted by Gasteiger charge is -2.14. The molecule has 2 N–H and O–H groups in total. The summed E-state index contributed by atoms with van der Waals surface area (Å²) in [4.78, 5) is 10.6. The first-order valence-corrected chi connectivity index (χ1v) is 11.7. The maximum Gasteiger partial charge on any atom is 0.291 e. The molecule has 170 valence electrons. The molecule has 0 unspecified atom stereocenters. The van der Waals surface area contributed by atoms with Gasteiger partial charge in [0.25, 0.3) is 5.09 Å². The maximum absolute atomic E-state index is 8.84. The van der Waals surface area contributed by atoms with Crippen LogP contribution in [0.4, 0.5) is 0 Å². The van der Waals surface area contributed by atoms with E-state index in [1.54, 1.807) is 0 Å². The summed E-state index contributed by atoms with van der Waals surface area (Å²) in [5.41, 5.74) is 0. The number of likely N-dealkylation sites (N-methyl/N-ethyl adjacent to an activating group) is 1. The molecule has 0 atom stereocenters. The first kappa shape index (κ1) is 29.3. The average molecular weight is 405 g/mol. The second kappa shape index (κ2) is 26.1. The third-order valence-corrected chi connectivity index (χ3v) is 5.13. The second-order valence-corrected chi connectivity index (χ2v) is 7.92. The molecular formula is C22H48N2O4. The Hall–Kier alpha value is -0.880.